The number of amides is 1. The second-order valence-corrected chi connectivity index (χ2v) is 8.16. The fourth-order valence-corrected chi connectivity index (χ4v) is 3.08. The molecule has 2 N–H and O–H groups in total. The van der Waals surface area contributed by atoms with Gasteiger partial charge in [0.2, 0.25) is 15.9 Å². The maximum Gasteiger partial charge on any atom is 0.235 e. The topological polar surface area (TPSA) is 75.3 Å². The maximum atomic E-state index is 13.7. The Morgan fingerprint density at radius 3 is 2.54 bits per heavy atom. The minimum Gasteiger partial charge on any atom is -0.351 e. The van der Waals surface area contributed by atoms with Crippen LogP contribution in [0.2, 0.25) is 0 Å². The van der Waals surface area contributed by atoms with Crippen LogP contribution in [0, 0.1) is 12.7 Å². The van der Waals surface area contributed by atoms with E-state index < -0.39 is 28.3 Å². The number of hydrogen-bond donors (Lipinski definition) is 2. The van der Waals surface area contributed by atoms with Gasteiger partial charge in [-0.25, -0.2) is 17.5 Å². The Kier molecular flexibility index (Phi) is 7.07. The van der Waals surface area contributed by atoms with E-state index in [4.69, 9.17) is 0 Å². The Bertz CT molecular complexity index is 913. The summed E-state index contributed by atoms with van der Waals surface area (Å²) in [5, 5.41) is 3.47. The molecule has 0 unspecified atom stereocenters. The van der Waals surface area contributed by atoms with Crippen molar-refractivity contribution < 1.29 is 17.6 Å². The van der Waals surface area contributed by atoms with E-state index in [9.17, 15) is 17.6 Å². The summed E-state index contributed by atoms with van der Waals surface area (Å²) >= 11 is 3.15. The predicted molar refractivity (Wildman–Crippen MR) is 103 cm³/mol. The molecule has 0 spiro atoms. The lowest BCUT2D eigenvalue weighted by molar-refractivity contribution is -0.120. The Labute approximate surface area is 160 Å². The molecule has 0 fully saturated rings. The molecule has 8 heteroatoms. The molecule has 0 aliphatic carbocycles. The molecule has 0 heterocycles. The molecule has 0 atom stereocenters. The second kappa shape index (κ2) is 9.07. The Hall–Kier alpha value is -2.03. The highest BCUT2D eigenvalue weighted by atomic mass is 79.9. The molecule has 0 saturated carbocycles. The molecule has 0 aromatic heterocycles. The molecule has 0 bridgehead atoms. The van der Waals surface area contributed by atoms with Gasteiger partial charge in [-0.1, -0.05) is 51.8 Å². The summed E-state index contributed by atoms with van der Waals surface area (Å²) in [6.07, 6.45) is 1.44. The molecule has 2 aromatic carbocycles. The van der Waals surface area contributed by atoms with Crippen molar-refractivity contribution in [1.82, 2.24) is 10.0 Å². The Morgan fingerprint density at radius 1 is 1.19 bits per heavy atom. The van der Waals surface area contributed by atoms with Gasteiger partial charge in [0.1, 0.15) is 5.82 Å². The van der Waals surface area contributed by atoms with E-state index in [-0.39, 0.29) is 6.54 Å². The van der Waals surface area contributed by atoms with Crippen LogP contribution in [0.4, 0.5) is 4.39 Å². The van der Waals surface area contributed by atoms with Crippen LogP contribution < -0.4 is 10.0 Å². The highest BCUT2D eigenvalue weighted by Gasteiger charge is 2.10. The summed E-state index contributed by atoms with van der Waals surface area (Å²) in [4.78, 5) is 11.8. The van der Waals surface area contributed by atoms with E-state index in [1.807, 2.05) is 19.1 Å². The summed E-state index contributed by atoms with van der Waals surface area (Å²) in [6, 6.07) is 11.8. The third kappa shape index (κ3) is 6.70. The molecule has 0 aliphatic rings. The lowest BCUT2D eigenvalue weighted by Gasteiger charge is -2.07. The average Bonchev–Trinajstić information content (AvgIpc) is 2.59. The first-order valence-electron chi connectivity index (χ1n) is 7.70. The monoisotopic (exact) mass is 440 g/mol. The van der Waals surface area contributed by atoms with Crippen molar-refractivity contribution in [2.45, 2.75) is 13.5 Å². The van der Waals surface area contributed by atoms with Crippen molar-refractivity contribution >= 4 is 37.9 Å². The van der Waals surface area contributed by atoms with Crippen LogP contribution >= 0.6 is 15.9 Å². The molecule has 26 heavy (non-hydrogen) atoms. The summed E-state index contributed by atoms with van der Waals surface area (Å²) in [5.74, 6) is -1.01. The van der Waals surface area contributed by atoms with Gasteiger partial charge in [-0.2, -0.15) is 0 Å². The van der Waals surface area contributed by atoms with E-state index in [1.54, 1.807) is 18.2 Å². The number of rotatable bonds is 7. The van der Waals surface area contributed by atoms with Crippen molar-refractivity contribution in [2.75, 3.05) is 6.54 Å². The van der Waals surface area contributed by atoms with E-state index in [1.165, 1.54) is 18.2 Å². The molecule has 2 rings (SSSR count). The van der Waals surface area contributed by atoms with Gasteiger partial charge in [-0.15, -0.1) is 0 Å². The normalized spacial score (nSPS) is 11.7. The lowest BCUT2D eigenvalue weighted by atomic mass is 10.2. The summed E-state index contributed by atoms with van der Waals surface area (Å²) in [7, 11) is -3.75. The van der Waals surface area contributed by atoms with Gasteiger partial charge in [0.15, 0.2) is 0 Å². The van der Waals surface area contributed by atoms with Crippen molar-refractivity contribution in [3.8, 4) is 0 Å². The third-order valence-corrected chi connectivity index (χ3v) is 4.98. The van der Waals surface area contributed by atoms with Crippen LogP contribution in [0.3, 0.4) is 0 Å². The standard InChI is InChI=1S/C18H18BrFN2O3S/c1-13-2-4-14(5-3-13)8-9-26(24,25)22-12-18(23)21-11-15-6-7-16(19)10-17(15)20/h2-10,22H,11-12H2,1H3,(H,21,23). The fraction of sp³-hybridized carbons (Fsp3) is 0.167. The highest BCUT2D eigenvalue weighted by Crippen LogP contribution is 2.15. The van der Waals surface area contributed by atoms with Crippen molar-refractivity contribution in [1.29, 1.82) is 0 Å². The smallest absolute Gasteiger partial charge is 0.235 e. The summed E-state index contributed by atoms with van der Waals surface area (Å²) in [5.41, 5.74) is 2.11. The Balaban J connectivity index is 1.84. The molecule has 0 aliphatic heterocycles. The number of halogens is 2. The zero-order valence-electron chi connectivity index (χ0n) is 14.0. The predicted octanol–water partition coefficient (Wildman–Crippen LogP) is 3.10. The number of sulfonamides is 1. The molecule has 5 nitrogen and oxygen atoms in total. The minimum absolute atomic E-state index is 0.0289. The molecule has 2 aromatic rings. The van der Waals surface area contributed by atoms with Crippen molar-refractivity contribution in [2.24, 2.45) is 0 Å². The second-order valence-electron chi connectivity index (χ2n) is 5.59. The highest BCUT2D eigenvalue weighted by molar-refractivity contribution is 9.10. The minimum atomic E-state index is -3.75. The molecule has 138 valence electrons. The first-order chi connectivity index (χ1) is 12.2. The fourth-order valence-electron chi connectivity index (χ4n) is 1.98. The molecule has 0 saturated heterocycles. The van der Waals surface area contributed by atoms with E-state index >= 15 is 0 Å². The van der Waals surface area contributed by atoms with Crippen LogP contribution in [0.5, 0.6) is 0 Å². The van der Waals surface area contributed by atoms with Crippen LogP contribution in [0.1, 0.15) is 16.7 Å². The number of hydrogen-bond acceptors (Lipinski definition) is 3. The van der Waals surface area contributed by atoms with Crippen LogP contribution in [-0.2, 0) is 21.4 Å². The quantitative estimate of drug-likeness (QED) is 0.694. The van der Waals surface area contributed by atoms with Gasteiger partial charge in [-0.3, -0.25) is 4.79 Å². The number of nitrogens with one attached hydrogen (secondary N) is 2. The van der Waals surface area contributed by atoms with E-state index in [0.29, 0.717) is 10.0 Å². The molecule has 0 radical (unpaired) electrons. The van der Waals surface area contributed by atoms with E-state index in [0.717, 1.165) is 16.5 Å². The first-order valence-corrected chi connectivity index (χ1v) is 10.0. The zero-order chi connectivity index (χ0) is 19.2. The zero-order valence-corrected chi connectivity index (χ0v) is 16.4. The third-order valence-electron chi connectivity index (χ3n) is 3.44. The van der Waals surface area contributed by atoms with Gasteiger partial charge in [0.05, 0.1) is 6.54 Å². The first kappa shape index (κ1) is 20.3. The maximum absolute atomic E-state index is 13.7. The average molecular weight is 441 g/mol. The van der Waals surface area contributed by atoms with Crippen molar-refractivity contribution in [3.63, 3.8) is 0 Å². The molecular weight excluding hydrogens is 423 g/mol. The van der Waals surface area contributed by atoms with Gasteiger partial charge < -0.3 is 5.32 Å². The van der Waals surface area contributed by atoms with Gasteiger partial charge in [0, 0.05) is 22.0 Å². The summed E-state index contributed by atoms with van der Waals surface area (Å²) in [6.45, 7) is 1.47. The van der Waals surface area contributed by atoms with Gasteiger partial charge in [0.25, 0.3) is 0 Å². The summed E-state index contributed by atoms with van der Waals surface area (Å²) < 4.78 is 40.2. The lowest BCUT2D eigenvalue weighted by Crippen LogP contribution is -2.35. The van der Waals surface area contributed by atoms with Crippen LogP contribution in [0.15, 0.2) is 52.3 Å². The SMILES string of the molecule is Cc1ccc(C=CS(=O)(=O)NCC(=O)NCc2ccc(Br)cc2F)cc1. The molecular formula is C18H18BrFN2O3S. The van der Waals surface area contributed by atoms with Gasteiger partial charge in [-0.05, 0) is 30.7 Å². The number of carbonyl (C=O) groups is 1. The van der Waals surface area contributed by atoms with Crippen LogP contribution in [0.25, 0.3) is 6.08 Å². The van der Waals surface area contributed by atoms with Crippen LogP contribution in [-0.4, -0.2) is 20.9 Å². The van der Waals surface area contributed by atoms with Gasteiger partial charge >= 0.3 is 0 Å². The molecule has 1 amide bonds. The number of benzene rings is 2. The van der Waals surface area contributed by atoms with Crippen molar-refractivity contribution in [3.05, 3.63) is 74.9 Å². The Morgan fingerprint density at radius 2 is 1.88 bits per heavy atom. The largest absolute Gasteiger partial charge is 0.351 e. The van der Waals surface area contributed by atoms with E-state index in [2.05, 4.69) is 26.0 Å². The number of carbonyl (C=O) groups excluding carboxylic acids is 1. The number of aryl methyl sites for hydroxylation is 1.